The van der Waals surface area contributed by atoms with Gasteiger partial charge in [-0.25, -0.2) is 18.9 Å². The topological polar surface area (TPSA) is 113 Å². The number of amides is 2. The lowest BCUT2D eigenvalue weighted by atomic mass is 10.1. The fraction of sp³-hybridized carbons (Fsp3) is 0.136. The largest absolute Gasteiger partial charge is 0.331 e. The standard InChI is InChI=1S/C22H19FN8O/c1-12(13-3-6-15(23)7-4-13)25-22(32)26-20-10-18-16(11-24-20)21(29-27-18)14-5-8-17-19(9-14)31(2)30-28-17/h3-12H,1-2H3,(H,27,29)(H2,24,25,26,32). The highest BCUT2D eigenvalue weighted by Crippen LogP contribution is 2.28. The van der Waals surface area contributed by atoms with Gasteiger partial charge in [-0.05, 0) is 36.8 Å². The molecule has 0 spiro atoms. The highest BCUT2D eigenvalue weighted by molar-refractivity contribution is 5.97. The molecular weight excluding hydrogens is 411 g/mol. The lowest BCUT2D eigenvalue weighted by molar-refractivity contribution is 0.249. The summed E-state index contributed by atoms with van der Waals surface area (Å²) < 4.78 is 14.8. The van der Waals surface area contributed by atoms with E-state index in [1.807, 2.05) is 32.2 Å². The molecule has 10 heteroatoms. The molecule has 5 aromatic rings. The molecular formula is C22H19FN8O. The first kappa shape index (κ1) is 19.6. The molecule has 0 saturated carbocycles. The molecule has 0 aliphatic carbocycles. The summed E-state index contributed by atoms with van der Waals surface area (Å²) in [6.07, 6.45) is 1.67. The maximum absolute atomic E-state index is 13.1. The van der Waals surface area contributed by atoms with Crippen molar-refractivity contribution in [2.75, 3.05) is 5.32 Å². The van der Waals surface area contributed by atoms with E-state index >= 15 is 0 Å². The first-order valence-electron chi connectivity index (χ1n) is 9.95. The molecule has 2 amide bonds. The number of aromatic nitrogens is 6. The minimum atomic E-state index is -0.414. The number of carbonyl (C=O) groups is 1. The van der Waals surface area contributed by atoms with Crippen molar-refractivity contribution in [1.29, 1.82) is 0 Å². The van der Waals surface area contributed by atoms with Gasteiger partial charge < -0.3 is 5.32 Å². The van der Waals surface area contributed by atoms with Gasteiger partial charge in [0.25, 0.3) is 0 Å². The predicted molar refractivity (Wildman–Crippen MR) is 118 cm³/mol. The zero-order valence-corrected chi connectivity index (χ0v) is 17.3. The number of hydrogen-bond acceptors (Lipinski definition) is 5. The van der Waals surface area contributed by atoms with Crippen LogP contribution in [0.2, 0.25) is 0 Å². The molecule has 3 N–H and O–H groups in total. The third-order valence-corrected chi connectivity index (χ3v) is 5.29. The Morgan fingerprint density at radius 3 is 2.78 bits per heavy atom. The molecule has 0 aliphatic rings. The normalized spacial score (nSPS) is 12.2. The first-order chi connectivity index (χ1) is 15.5. The lowest BCUT2D eigenvalue weighted by Crippen LogP contribution is -2.31. The van der Waals surface area contributed by atoms with E-state index in [2.05, 4.69) is 36.1 Å². The van der Waals surface area contributed by atoms with Crippen molar-refractivity contribution in [3.05, 3.63) is 66.1 Å². The number of fused-ring (bicyclic) bond motifs is 2. The summed E-state index contributed by atoms with van der Waals surface area (Å²) in [5.41, 5.74) is 4.89. The van der Waals surface area contributed by atoms with Gasteiger partial charge in [0.2, 0.25) is 0 Å². The Kier molecular flexibility index (Phi) is 4.74. The summed E-state index contributed by atoms with van der Waals surface area (Å²) in [7, 11) is 1.84. The Hall–Kier alpha value is -4.34. The minimum absolute atomic E-state index is 0.297. The van der Waals surface area contributed by atoms with Gasteiger partial charge in [0, 0.05) is 30.3 Å². The van der Waals surface area contributed by atoms with Crippen LogP contribution in [0.15, 0.2) is 54.7 Å². The molecule has 0 saturated heterocycles. The molecule has 0 bridgehead atoms. The summed E-state index contributed by atoms with van der Waals surface area (Å²) >= 11 is 0. The van der Waals surface area contributed by atoms with E-state index in [1.165, 1.54) is 12.1 Å². The minimum Gasteiger partial charge on any atom is -0.331 e. The molecule has 3 heterocycles. The molecule has 2 aromatic carbocycles. The third kappa shape index (κ3) is 3.62. The van der Waals surface area contributed by atoms with Gasteiger partial charge in [0.05, 0.1) is 17.1 Å². The highest BCUT2D eigenvalue weighted by Gasteiger charge is 2.14. The van der Waals surface area contributed by atoms with E-state index in [9.17, 15) is 9.18 Å². The van der Waals surface area contributed by atoms with Crippen LogP contribution >= 0.6 is 0 Å². The maximum Gasteiger partial charge on any atom is 0.320 e. The number of aryl methyl sites for hydroxylation is 1. The van der Waals surface area contributed by atoms with Crippen LogP contribution in [0.1, 0.15) is 18.5 Å². The average Bonchev–Trinajstić information content (AvgIpc) is 3.37. The van der Waals surface area contributed by atoms with Gasteiger partial charge in [-0.3, -0.25) is 10.4 Å². The number of benzene rings is 2. The van der Waals surface area contributed by atoms with Crippen LogP contribution in [0.4, 0.5) is 15.0 Å². The van der Waals surface area contributed by atoms with Crippen LogP contribution in [0, 0.1) is 5.82 Å². The smallest absolute Gasteiger partial charge is 0.320 e. The summed E-state index contributed by atoms with van der Waals surface area (Å²) in [5, 5.41) is 21.9. The Morgan fingerprint density at radius 2 is 1.97 bits per heavy atom. The van der Waals surface area contributed by atoms with Crippen molar-refractivity contribution in [2.45, 2.75) is 13.0 Å². The zero-order chi connectivity index (χ0) is 22.2. The van der Waals surface area contributed by atoms with E-state index in [0.717, 1.165) is 38.8 Å². The van der Waals surface area contributed by atoms with Crippen molar-refractivity contribution in [3.8, 4) is 11.3 Å². The average molecular weight is 430 g/mol. The van der Waals surface area contributed by atoms with Crippen LogP contribution in [-0.2, 0) is 7.05 Å². The second-order valence-corrected chi connectivity index (χ2v) is 7.48. The first-order valence-corrected chi connectivity index (χ1v) is 9.95. The van der Waals surface area contributed by atoms with Crippen LogP contribution < -0.4 is 10.6 Å². The van der Waals surface area contributed by atoms with Crippen molar-refractivity contribution < 1.29 is 9.18 Å². The SMILES string of the molecule is CC(NC(=O)Nc1cc2[nH]nc(-c3ccc4nnn(C)c4c3)c2cn1)c1ccc(F)cc1. The number of anilines is 1. The molecule has 160 valence electrons. The van der Waals surface area contributed by atoms with Gasteiger partial charge in [-0.15, -0.1) is 5.10 Å². The number of H-pyrrole nitrogens is 1. The summed E-state index contributed by atoms with van der Waals surface area (Å²) in [6.45, 7) is 1.82. The quantitative estimate of drug-likeness (QED) is 0.400. The number of carbonyl (C=O) groups excluding carboxylic acids is 1. The number of halogens is 1. The number of aromatic amines is 1. The molecule has 1 atom stereocenters. The van der Waals surface area contributed by atoms with E-state index in [4.69, 9.17) is 0 Å². The Bertz CT molecular complexity index is 1440. The van der Waals surface area contributed by atoms with Crippen molar-refractivity contribution in [1.82, 2.24) is 35.5 Å². The molecule has 5 rings (SSSR count). The number of urea groups is 1. The van der Waals surface area contributed by atoms with E-state index in [-0.39, 0.29) is 11.9 Å². The van der Waals surface area contributed by atoms with Gasteiger partial charge >= 0.3 is 6.03 Å². The predicted octanol–water partition coefficient (Wildman–Crippen LogP) is 3.93. The Labute approximate surface area is 181 Å². The Morgan fingerprint density at radius 1 is 1.16 bits per heavy atom. The number of rotatable bonds is 4. The molecule has 0 aliphatic heterocycles. The van der Waals surface area contributed by atoms with Gasteiger partial charge in [0.1, 0.15) is 22.8 Å². The second-order valence-electron chi connectivity index (χ2n) is 7.48. The summed E-state index contributed by atoms with van der Waals surface area (Å²) in [6, 6.07) is 12.8. The summed E-state index contributed by atoms with van der Waals surface area (Å²) in [5.74, 6) is 0.0570. The van der Waals surface area contributed by atoms with Crippen LogP contribution in [0.5, 0.6) is 0 Å². The van der Waals surface area contributed by atoms with Crippen molar-refractivity contribution in [3.63, 3.8) is 0 Å². The monoisotopic (exact) mass is 430 g/mol. The van der Waals surface area contributed by atoms with Crippen LogP contribution in [-0.4, -0.2) is 36.2 Å². The summed E-state index contributed by atoms with van der Waals surface area (Å²) in [4.78, 5) is 16.7. The van der Waals surface area contributed by atoms with Gasteiger partial charge in [0.15, 0.2) is 0 Å². The molecule has 3 aromatic heterocycles. The number of pyridine rings is 1. The zero-order valence-electron chi connectivity index (χ0n) is 17.3. The fourth-order valence-electron chi connectivity index (χ4n) is 3.56. The molecule has 0 fully saturated rings. The number of hydrogen-bond donors (Lipinski definition) is 3. The lowest BCUT2D eigenvalue weighted by Gasteiger charge is -2.14. The molecule has 9 nitrogen and oxygen atoms in total. The van der Waals surface area contributed by atoms with Crippen LogP contribution in [0.3, 0.4) is 0 Å². The number of nitrogens with one attached hydrogen (secondary N) is 3. The maximum atomic E-state index is 13.1. The van der Waals surface area contributed by atoms with E-state index in [1.54, 1.807) is 29.1 Å². The Balaban J connectivity index is 1.34. The van der Waals surface area contributed by atoms with E-state index in [0.29, 0.717) is 5.82 Å². The van der Waals surface area contributed by atoms with Crippen LogP contribution in [0.25, 0.3) is 33.2 Å². The van der Waals surface area contributed by atoms with Gasteiger partial charge in [-0.1, -0.05) is 23.4 Å². The van der Waals surface area contributed by atoms with Crippen molar-refractivity contribution in [2.24, 2.45) is 7.05 Å². The van der Waals surface area contributed by atoms with E-state index < -0.39 is 6.03 Å². The fourth-order valence-corrected chi connectivity index (χ4v) is 3.56. The van der Waals surface area contributed by atoms with Crippen molar-refractivity contribution >= 4 is 33.8 Å². The molecule has 0 radical (unpaired) electrons. The highest BCUT2D eigenvalue weighted by atomic mass is 19.1. The number of nitrogens with zero attached hydrogens (tertiary/aromatic N) is 5. The molecule has 32 heavy (non-hydrogen) atoms. The third-order valence-electron chi connectivity index (χ3n) is 5.29. The van der Waals surface area contributed by atoms with Gasteiger partial charge in [-0.2, -0.15) is 5.10 Å². The second kappa shape index (κ2) is 7.73. The molecule has 1 unspecified atom stereocenters.